The molecule has 1 atom stereocenters. The Labute approximate surface area is 201 Å². The smallest absolute Gasteiger partial charge is 0.244 e. The Morgan fingerprint density at radius 3 is 2.41 bits per heavy atom. The number of para-hydroxylation sites is 2. The van der Waals surface area contributed by atoms with Crippen LogP contribution in [0.1, 0.15) is 26.3 Å². The van der Waals surface area contributed by atoms with E-state index >= 15 is 0 Å². The first-order chi connectivity index (χ1) is 16.1. The van der Waals surface area contributed by atoms with Crippen LogP contribution in [0.5, 0.6) is 11.5 Å². The zero-order valence-corrected chi connectivity index (χ0v) is 21.1. The Balaban J connectivity index is 2.44. The molecule has 1 unspecified atom stereocenters. The van der Waals surface area contributed by atoms with Crippen molar-refractivity contribution in [3.05, 3.63) is 54.1 Å². The van der Waals surface area contributed by atoms with Gasteiger partial charge < -0.3 is 19.7 Å². The molecule has 0 spiro atoms. The second-order valence-electron chi connectivity index (χ2n) is 7.61. The van der Waals surface area contributed by atoms with Crippen LogP contribution in [0.2, 0.25) is 0 Å². The third kappa shape index (κ3) is 7.11. The van der Waals surface area contributed by atoms with Crippen molar-refractivity contribution in [2.45, 2.75) is 33.4 Å². The quantitative estimate of drug-likeness (QED) is 0.489. The molecule has 0 saturated heterocycles. The number of amides is 2. The number of hydrogen-bond acceptors (Lipinski definition) is 6. The van der Waals surface area contributed by atoms with Crippen molar-refractivity contribution < 1.29 is 27.5 Å². The summed E-state index contributed by atoms with van der Waals surface area (Å²) in [7, 11) is -2.30. The van der Waals surface area contributed by atoms with Crippen molar-refractivity contribution in [1.82, 2.24) is 10.2 Å². The van der Waals surface area contributed by atoms with Crippen LogP contribution in [0.25, 0.3) is 0 Å². The Morgan fingerprint density at radius 1 is 1.09 bits per heavy atom. The van der Waals surface area contributed by atoms with Gasteiger partial charge in [-0.3, -0.25) is 13.9 Å². The number of ether oxygens (including phenoxy) is 2. The van der Waals surface area contributed by atoms with E-state index in [2.05, 4.69) is 5.32 Å². The van der Waals surface area contributed by atoms with Crippen LogP contribution in [0, 0.1) is 0 Å². The number of likely N-dealkylation sites (N-methyl/N-ethyl adjacent to an activating group) is 1. The molecule has 186 valence electrons. The number of anilines is 1. The molecule has 0 saturated carbocycles. The van der Waals surface area contributed by atoms with Crippen LogP contribution in [-0.2, 0) is 26.2 Å². The van der Waals surface area contributed by atoms with Gasteiger partial charge in [0.15, 0.2) is 0 Å². The van der Waals surface area contributed by atoms with E-state index in [1.165, 1.54) is 4.90 Å². The second-order valence-corrected chi connectivity index (χ2v) is 9.52. The monoisotopic (exact) mass is 491 g/mol. The molecule has 0 fully saturated rings. The third-order valence-corrected chi connectivity index (χ3v) is 6.24. The van der Waals surface area contributed by atoms with Gasteiger partial charge in [0.1, 0.15) is 24.1 Å². The highest BCUT2D eigenvalue weighted by molar-refractivity contribution is 7.92. The summed E-state index contributed by atoms with van der Waals surface area (Å²) in [5.41, 5.74) is 0.997. The predicted molar refractivity (Wildman–Crippen MR) is 131 cm³/mol. The first-order valence-electron chi connectivity index (χ1n) is 11.0. The maximum Gasteiger partial charge on any atom is 0.244 e. The number of methoxy groups -OCH3 is 1. The van der Waals surface area contributed by atoms with E-state index in [0.29, 0.717) is 24.7 Å². The zero-order valence-electron chi connectivity index (χ0n) is 20.3. The molecule has 0 aliphatic heterocycles. The van der Waals surface area contributed by atoms with Gasteiger partial charge in [0.2, 0.25) is 21.8 Å². The molecular weight excluding hydrogens is 458 g/mol. The third-order valence-electron chi connectivity index (χ3n) is 5.12. The molecule has 9 nitrogen and oxygen atoms in total. The minimum Gasteiger partial charge on any atom is -0.497 e. The molecule has 0 aliphatic carbocycles. The predicted octanol–water partition coefficient (Wildman–Crippen LogP) is 2.41. The number of rotatable bonds is 12. The Bertz CT molecular complexity index is 1090. The fourth-order valence-corrected chi connectivity index (χ4v) is 4.26. The Hall–Kier alpha value is -3.27. The summed E-state index contributed by atoms with van der Waals surface area (Å²) in [5, 5.41) is 2.72. The summed E-state index contributed by atoms with van der Waals surface area (Å²) < 4.78 is 37.2. The first kappa shape index (κ1) is 27.0. The summed E-state index contributed by atoms with van der Waals surface area (Å²) in [6.07, 6.45) is 1.03. The van der Waals surface area contributed by atoms with Gasteiger partial charge in [-0.15, -0.1) is 0 Å². The molecule has 2 rings (SSSR count). The lowest BCUT2D eigenvalue weighted by atomic mass is 10.1. The van der Waals surface area contributed by atoms with Crippen molar-refractivity contribution in [1.29, 1.82) is 0 Å². The first-order valence-corrected chi connectivity index (χ1v) is 12.9. The number of carbonyl (C=O) groups excluding carboxylic acids is 2. The molecule has 2 aromatic rings. The van der Waals surface area contributed by atoms with Crippen LogP contribution in [0.15, 0.2) is 48.5 Å². The average Bonchev–Trinajstić information content (AvgIpc) is 2.80. The van der Waals surface area contributed by atoms with Crippen molar-refractivity contribution in [2.75, 3.05) is 37.4 Å². The molecule has 0 radical (unpaired) electrons. The summed E-state index contributed by atoms with van der Waals surface area (Å²) in [6.45, 7) is 5.53. The number of carbonyl (C=O) groups is 2. The molecule has 1 N–H and O–H groups in total. The van der Waals surface area contributed by atoms with Gasteiger partial charge in [-0.2, -0.15) is 0 Å². The van der Waals surface area contributed by atoms with Crippen LogP contribution in [0.4, 0.5) is 5.69 Å². The molecule has 0 aliphatic rings. The lowest BCUT2D eigenvalue weighted by molar-refractivity contribution is -0.139. The number of benzene rings is 2. The van der Waals surface area contributed by atoms with Gasteiger partial charge in [-0.05, 0) is 50.6 Å². The zero-order chi connectivity index (χ0) is 25.3. The van der Waals surface area contributed by atoms with E-state index in [-0.39, 0.29) is 18.1 Å². The number of hydrogen-bond donors (Lipinski definition) is 1. The highest BCUT2D eigenvalue weighted by Crippen LogP contribution is 2.30. The Kier molecular flexibility index (Phi) is 9.73. The molecule has 34 heavy (non-hydrogen) atoms. The largest absolute Gasteiger partial charge is 0.497 e. The molecule has 0 heterocycles. The molecule has 2 aromatic carbocycles. The van der Waals surface area contributed by atoms with E-state index in [1.807, 2.05) is 6.07 Å². The van der Waals surface area contributed by atoms with E-state index < -0.39 is 28.5 Å². The minimum absolute atomic E-state index is 0.0963. The number of nitrogens with one attached hydrogen (secondary N) is 1. The van der Waals surface area contributed by atoms with Crippen LogP contribution >= 0.6 is 0 Å². The van der Waals surface area contributed by atoms with Crippen LogP contribution < -0.4 is 19.1 Å². The summed E-state index contributed by atoms with van der Waals surface area (Å²) in [6, 6.07) is 12.9. The highest BCUT2D eigenvalue weighted by Gasteiger charge is 2.31. The Morgan fingerprint density at radius 2 is 1.79 bits per heavy atom. The maximum atomic E-state index is 13.5. The molecule has 10 heteroatoms. The number of nitrogens with zero attached hydrogens (tertiary/aromatic N) is 2. The van der Waals surface area contributed by atoms with E-state index in [4.69, 9.17) is 9.47 Å². The minimum atomic E-state index is -3.84. The summed E-state index contributed by atoms with van der Waals surface area (Å²) in [4.78, 5) is 27.5. The van der Waals surface area contributed by atoms with Crippen molar-refractivity contribution in [2.24, 2.45) is 0 Å². The average molecular weight is 492 g/mol. The molecule has 2 amide bonds. The van der Waals surface area contributed by atoms with E-state index in [9.17, 15) is 18.0 Å². The lowest BCUT2D eigenvalue weighted by Crippen LogP contribution is -2.51. The van der Waals surface area contributed by atoms with Crippen molar-refractivity contribution >= 4 is 27.5 Å². The molecular formula is C24H33N3O6S. The lowest BCUT2D eigenvalue weighted by Gasteiger charge is -2.31. The standard InChI is InChI=1S/C24H33N3O6S/c1-6-25-24(29)18(3)26(16-19-11-10-12-20(15-19)32-4)23(28)17-27(34(5,30)31)21-13-8-9-14-22(21)33-7-2/h8-15,18H,6-7,16-17H2,1-5H3,(H,25,29). The molecule has 0 bridgehead atoms. The highest BCUT2D eigenvalue weighted by atomic mass is 32.2. The van der Waals surface area contributed by atoms with Gasteiger partial charge in [0.25, 0.3) is 0 Å². The van der Waals surface area contributed by atoms with Crippen LogP contribution in [0.3, 0.4) is 0 Å². The summed E-state index contributed by atoms with van der Waals surface area (Å²) >= 11 is 0. The second kappa shape index (κ2) is 12.3. The van der Waals surface area contributed by atoms with Gasteiger partial charge >= 0.3 is 0 Å². The fourth-order valence-electron chi connectivity index (χ4n) is 3.41. The summed E-state index contributed by atoms with van der Waals surface area (Å²) in [5.74, 6) is 0.0935. The van der Waals surface area contributed by atoms with Gasteiger partial charge in [-0.25, -0.2) is 8.42 Å². The van der Waals surface area contributed by atoms with E-state index in [1.54, 1.807) is 70.3 Å². The SMILES string of the molecule is CCNC(=O)C(C)N(Cc1cccc(OC)c1)C(=O)CN(c1ccccc1OCC)S(C)(=O)=O. The molecule has 0 aromatic heterocycles. The van der Waals surface area contributed by atoms with Crippen molar-refractivity contribution in [3.63, 3.8) is 0 Å². The van der Waals surface area contributed by atoms with Gasteiger partial charge in [0.05, 0.1) is 25.7 Å². The van der Waals surface area contributed by atoms with Crippen LogP contribution in [-0.4, -0.2) is 64.2 Å². The topological polar surface area (TPSA) is 105 Å². The van der Waals surface area contributed by atoms with Crippen molar-refractivity contribution in [3.8, 4) is 11.5 Å². The van der Waals surface area contributed by atoms with Gasteiger partial charge in [-0.1, -0.05) is 24.3 Å². The number of sulfonamides is 1. The maximum absolute atomic E-state index is 13.5. The normalized spacial score (nSPS) is 11.9. The fraction of sp³-hybridized carbons (Fsp3) is 0.417. The van der Waals surface area contributed by atoms with Gasteiger partial charge in [0, 0.05) is 13.1 Å². The van der Waals surface area contributed by atoms with E-state index in [0.717, 1.165) is 16.1 Å².